The van der Waals surface area contributed by atoms with E-state index in [4.69, 9.17) is 4.74 Å². The Bertz CT molecular complexity index is 832. The van der Waals surface area contributed by atoms with Gasteiger partial charge >= 0.3 is 0 Å². The Hall–Kier alpha value is -2.80. The highest BCUT2D eigenvalue weighted by Crippen LogP contribution is 2.27. The van der Waals surface area contributed by atoms with E-state index in [2.05, 4.69) is 49.8 Å². The second-order valence-corrected chi connectivity index (χ2v) is 7.72. The molecule has 2 N–H and O–H groups in total. The molecule has 0 saturated carbocycles. The Balaban J connectivity index is 1.66. The Kier molecular flexibility index (Phi) is 7.90. The summed E-state index contributed by atoms with van der Waals surface area (Å²) < 4.78 is 5.45. The summed E-state index contributed by atoms with van der Waals surface area (Å²) in [4.78, 5) is 13.5. The highest BCUT2D eigenvalue weighted by Gasteiger charge is 2.24. The average molecular weight is 411 g/mol. The second-order valence-electron chi connectivity index (χ2n) is 7.72. The monoisotopic (exact) mass is 410 g/mol. The average Bonchev–Trinajstić information content (AvgIpc) is 3.31. The van der Waals surface area contributed by atoms with Gasteiger partial charge in [0.1, 0.15) is 11.6 Å². The van der Waals surface area contributed by atoms with Crippen LogP contribution in [0.3, 0.4) is 0 Å². The van der Waals surface area contributed by atoms with Crippen LogP contribution in [0.15, 0.2) is 47.6 Å². The van der Waals surface area contributed by atoms with Gasteiger partial charge in [0, 0.05) is 46.0 Å². The quantitative estimate of drug-likeness (QED) is 0.515. The molecule has 2 aromatic rings. The lowest BCUT2D eigenvalue weighted by atomic mass is 10.1. The minimum atomic E-state index is 0.275. The van der Waals surface area contributed by atoms with Crippen LogP contribution < -0.4 is 20.3 Å². The van der Waals surface area contributed by atoms with Crippen LogP contribution in [-0.4, -0.2) is 63.7 Å². The fourth-order valence-corrected chi connectivity index (χ4v) is 3.92. The topological polar surface area (TPSA) is 65.0 Å². The van der Waals surface area contributed by atoms with Crippen molar-refractivity contribution >= 4 is 11.8 Å². The van der Waals surface area contributed by atoms with Crippen molar-refractivity contribution in [3.63, 3.8) is 0 Å². The molecular weight excluding hydrogens is 376 g/mol. The molecule has 0 radical (unpaired) electrons. The molecule has 1 saturated heterocycles. The van der Waals surface area contributed by atoms with E-state index in [0.717, 1.165) is 42.7 Å². The molecule has 1 aliphatic heterocycles. The number of nitrogens with zero attached hydrogens (tertiary/aromatic N) is 4. The van der Waals surface area contributed by atoms with Gasteiger partial charge in [0.25, 0.3) is 0 Å². The van der Waals surface area contributed by atoms with Crippen LogP contribution in [0.5, 0.6) is 5.75 Å². The molecule has 1 fully saturated rings. The molecule has 1 aliphatic rings. The van der Waals surface area contributed by atoms with Crippen molar-refractivity contribution < 1.29 is 4.74 Å². The number of guanidine groups is 1. The van der Waals surface area contributed by atoms with Crippen molar-refractivity contribution in [3.05, 3.63) is 53.7 Å². The van der Waals surface area contributed by atoms with Crippen molar-refractivity contribution in [2.75, 3.05) is 52.8 Å². The summed E-state index contributed by atoms with van der Waals surface area (Å²) in [5.74, 6) is 2.65. The number of pyridine rings is 1. The number of aliphatic imine (C=N–C) groups is 1. The lowest BCUT2D eigenvalue weighted by molar-refractivity contribution is 0.245. The molecule has 7 nitrogen and oxygen atoms in total. The third-order valence-corrected chi connectivity index (χ3v) is 5.48. The number of anilines is 1. The maximum absolute atomic E-state index is 5.45. The van der Waals surface area contributed by atoms with E-state index in [9.17, 15) is 0 Å². The summed E-state index contributed by atoms with van der Waals surface area (Å²) >= 11 is 0. The fourth-order valence-electron chi connectivity index (χ4n) is 3.92. The summed E-state index contributed by atoms with van der Waals surface area (Å²) in [6.07, 6.45) is 4.32. The van der Waals surface area contributed by atoms with Crippen LogP contribution >= 0.6 is 0 Å². The van der Waals surface area contributed by atoms with Gasteiger partial charge in [-0.1, -0.05) is 18.2 Å². The zero-order valence-electron chi connectivity index (χ0n) is 18.6. The molecule has 162 valence electrons. The van der Waals surface area contributed by atoms with Crippen LogP contribution in [0.25, 0.3) is 0 Å². The molecule has 1 atom stereocenters. The van der Waals surface area contributed by atoms with E-state index in [-0.39, 0.29) is 6.04 Å². The van der Waals surface area contributed by atoms with Gasteiger partial charge in [0.05, 0.1) is 13.2 Å². The van der Waals surface area contributed by atoms with Crippen molar-refractivity contribution in [2.24, 2.45) is 4.99 Å². The van der Waals surface area contributed by atoms with E-state index in [1.54, 1.807) is 7.11 Å². The van der Waals surface area contributed by atoms with Gasteiger partial charge in [-0.3, -0.25) is 9.89 Å². The lowest BCUT2D eigenvalue weighted by Gasteiger charge is -2.29. The summed E-state index contributed by atoms with van der Waals surface area (Å²) in [6.45, 7) is 3.68. The van der Waals surface area contributed by atoms with Crippen molar-refractivity contribution in [2.45, 2.75) is 25.4 Å². The Morgan fingerprint density at radius 2 is 2.00 bits per heavy atom. The van der Waals surface area contributed by atoms with E-state index in [1.165, 1.54) is 18.4 Å². The van der Waals surface area contributed by atoms with Crippen molar-refractivity contribution in [1.29, 1.82) is 0 Å². The molecule has 7 heteroatoms. The lowest BCUT2D eigenvalue weighted by Crippen LogP contribution is -2.42. The van der Waals surface area contributed by atoms with Gasteiger partial charge in [0.2, 0.25) is 0 Å². The van der Waals surface area contributed by atoms with Gasteiger partial charge < -0.3 is 20.3 Å². The highest BCUT2D eigenvalue weighted by atomic mass is 16.5. The van der Waals surface area contributed by atoms with Gasteiger partial charge in [0.15, 0.2) is 5.96 Å². The molecule has 0 bridgehead atoms. The largest absolute Gasteiger partial charge is 0.497 e. The predicted octanol–water partition coefficient (Wildman–Crippen LogP) is 2.66. The Labute approximate surface area is 180 Å². The summed E-state index contributed by atoms with van der Waals surface area (Å²) in [6, 6.07) is 12.7. The third kappa shape index (κ3) is 5.63. The van der Waals surface area contributed by atoms with Gasteiger partial charge in [-0.15, -0.1) is 0 Å². The maximum atomic E-state index is 5.45. The normalized spacial score (nSPS) is 15.7. The molecule has 30 heavy (non-hydrogen) atoms. The maximum Gasteiger partial charge on any atom is 0.191 e. The molecular formula is C23H34N6O. The van der Waals surface area contributed by atoms with Crippen LogP contribution in [-0.2, 0) is 6.54 Å². The minimum Gasteiger partial charge on any atom is -0.497 e. The fraction of sp³-hybridized carbons (Fsp3) is 0.478. The summed E-state index contributed by atoms with van der Waals surface area (Å²) in [5, 5.41) is 6.95. The number of likely N-dealkylation sites (tertiary alicyclic amines) is 1. The number of hydrogen-bond donors (Lipinski definition) is 2. The van der Waals surface area contributed by atoms with Crippen LogP contribution in [0, 0.1) is 0 Å². The minimum absolute atomic E-state index is 0.275. The number of benzene rings is 1. The van der Waals surface area contributed by atoms with Crippen molar-refractivity contribution in [3.8, 4) is 5.75 Å². The number of rotatable bonds is 8. The van der Waals surface area contributed by atoms with Crippen LogP contribution in [0.4, 0.5) is 5.82 Å². The molecule has 1 aromatic carbocycles. The van der Waals surface area contributed by atoms with E-state index >= 15 is 0 Å². The molecule has 0 spiro atoms. The number of nitrogens with one attached hydrogen (secondary N) is 2. The molecule has 2 heterocycles. The first-order valence-corrected chi connectivity index (χ1v) is 10.6. The smallest absolute Gasteiger partial charge is 0.191 e. The number of aromatic nitrogens is 1. The van der Waals surface area contributed by atoms with Gasteiger partial charge in [-0.2, -0.15) is 0 Å². The van der Waals surface area contributed by atoms with Gasteiger partial charge in [-0.25, -0.2) is 4.98 Å². The van der Waals surface area contributed by atoms with E-state index < -0.39 is 0 Å². The first kappa shape index (κ1) is 21.9. The second kappa shape index (κ2) is 10.8. The van der Waals surface area contributed by atoms with E-state index in [1.807, 2.05) is 44.4 Å². The molecule has 0 aliphatic carbocycles. The first-order chi connectivity index (χ1) is 14.6. The van der Waals surface area contributed by atoms with Crippen LogP contribution in [0.1, 0.15) is 30.0 Å². The zero-order chi connectivity index (χ0) is 21.3. The predicted molar refractivity (Wildman–Crippen MR) is 123 cm³/mol. The highest BCUT2D eigenvalue weighted by molar-refractivity contribution is 5.79. The summed E-state index contributed by atoms with van der Waals surface area (Å²) in [7, 11) is 7.54. The molecule has 3 rings (SSSR count). The first-order valence-electron chi connectivity index (χ1n) is 10.6. The molecule has 0 amide bonds. The van der Waals surface area contributed by atoms with E-state index in [0.29, 0.717) is 6.54 Å². The van der Waals surface area contributed by atoms with Crippen LogP contribution in [0.2, 0.25) is 0 Å². The van der Waals surface area contributed by atoms with Crippen molar-refractivity contribution in [1.82, 2.24) is 20.5 Å². The van der Waals surface area contributed by atoms with Gasteiger partial charge in [-0.05, 0) is 49.7 Å². The molecule has 1 unspecified atom stereocenters. The Morgan fingerprint density at radius 3 is 2.70 bits per heavy atom. The Morgan fingerprint density at radius 1 is 1.20 bits per heavy atom. The SMILES string of the molecule is CN=C(NCc1cccnc1N(C)C)NCC(c1cccc(OC)c1)N1CCCC1. The number of methoxy groups -OCH3 is 1. The number of hydrogen-bond acceptors (Lipinski definition) is 5. The molecule has 1 aromatic heterocycles. The standard InChI is InChI=1S/C23H34N6O/c1-24-23(26-16-19-10-8-12-25-22(19)28(2)3)27-17-21(29-13-5-6-14-29)18-9-7-11-20(15-18)30-4/h7-12,15,21H,5-6,13-14,16-17H2,1-4H3,(H2,24,26,27). The zero-order valence-corrected chi connectivity index (χ0v) is 18.6. The summed E-state index contributed by atoms with van der Waals surface area (Å²) in [5.41, 5.74) is 2.40. The number of ether oxygens (including phenoxy) is 1. The third-order valence-electron chi connectivity index (χ3n) is 5.48.